The Morgan fingerprint density at radius 1 is 1.06 bits per heavy atom. The molecule has 0 saturated carbocycles. The van der Waals surface area contributed by atoms with Gasteiger partial charge in [0.15, 0.2) is 5.78 Å². The Labute approximate surface area is 117 Å². The number of hydrogen-bond donors (Lipinski definition) is 0. The number of benzene rings is 2. The molecular weight excluding hydrogens is 353 g/mol. The Morgan fingerprint density at radius 3 is 2.24 bits per heavy atom. The van der Waals surface area contributed by atoms with Crippen molar-refractivity contribution < 1.29 is 9.18 Å². The van der Waals surface area contributed by atoms with Crippen LogP contribution in [0.15, 0.2) is 42.5 Å². The van der Waals surface area contributed by atoms with Crippen LogP contribution in [0.3, 0.4) is 0 Å². The predicted molar refractivity (Wildman–Crippen MR) is 74.0 cm³/mol. The maximum absolute atomic E-state index is 13.0. The molecule has 0 saturated heterocycles. The van der Waals surface area contributed by atoms with E-state index in [9.17, 15) is 9.18 Å². The van der Waals surface area contributed by atoms with Gasteiger partial charge in [0.2, 0.25) is 0 Å². The van der Waals surface area contributed by atoms with Crippen LogP contribution in [0.2, 0.25) is 5.02 Å². The van der Waals surface area contributed by atoms with E-state index in [1.807, 2.05) is 12.1 Å². The smallest absolute Gasteiger partial charge is 0.193 e. The minimum absolute atomic E-state index is 0.0404. The molecule has 17 heavy (non-hydrogen) atoms. The summed E-state index contributed by atoms with van der Waals surface area (Å²) < 4.78 is 14.0. The van der Waals surface area contributed by atoms with Crippen molar-refractivity contribution >= 4 is 40.0 Å². The number of rotatable bonds is 2. The first-order valence-corrected chi connectivity index (χ1v) is 6.29. The maximum Gasteiger partial charge on any atom is 0.193 e. The van der Waals surface area contributed by atoms with Crippen LogP contribution in [0.1, 0.15) is 15.9 Å². The molecule has 0 aliphatic rings. The average molecular weight is 361 g/mol. The molecule has 0 aliphatic heterocycles. The molecule has 0 spiro atoms. The SMILES string of the molecule is O=C(c1ccc(I)cc1)c1ccc(F)c(Cl)c1. The van der Waals surface area contributed by atoms with E-state index >= 15 is 0 Å². The normalized spacial score (nSPS) is 10.3. The Hall–Kier alpha value is -0.940. The summed E-state index contributed by atoms with van der Waals surface area (Å²) in [5.74, 6) is -0.686. The van der Waals surface area contributed by atoms with Crippen LogP contribution in [0.25, 0.3) is 0 Å². The van der Waals surface area contributed by atoms with Crippen molar-refractivity contribution in [3.05, 3.63) is 68.0 Å². The molecule has 0 unspecified atom stereocenters. The minimum atomic E-state index is -0.522. The fraction of sp³-hybridized carbons (Fsp3) is 0. The molecule has 0 heterocycles. The number of hydrogen-bond acceptors (Lipinski definition) is 1. The molecule has 2 aromatic rings. The van der Waals surface area contributed by atoms with Crippen molar-refractivity contribution in [3.63, 3.8) is 0 Å². The van der Waals surface area contributed by atoms with E-state index in [0.717, 1.165) is 3.57 Å². The highest BCUT2D eigenvalue weighted by atomic mass is 127. The molecule has 0 radical (unpaired) electrons. The van der Waals surface area contributed by atoms with E-state index in [4.69, 9.17) is 11.6 Å². The number of carbonyl (C=O) groups excluding carboxylic acids is 1. The molecule has 0 aromatic heterocycles. The van der Waals surface area contributed by atoms with Gasteiger partial charge in [-0.15, -0.1) is 0 Å². The number of halogens is 3. The average Bonchev–Trinajstić information content (AvgIpc) is 2.33. The van der Waals surface area contributed by atoms with Crippen LogP contribution in [-0.2, 0) is 0 Å². The summed E-state index contributed by atoms with van der Waals surface area (Å²) in [4.78, 5) is 12.0. The van der Waals surface area contributed by atoms with Gasteiger partial charge in [0, 0.05) is 14.7 Å². The van der Waals surface area contributed by atoms with Crippen molar-refractivity contribution in [1.82, 2.24) is 0 Å². The molecule has 2 aromatic carbocycles. The third kappa shape index (κ3) is 2.84. The van der Waals surface area contributed by atoms with E-state index in [1.165, 1.54) is 18.2 Å². The number of ketones is 1. The first kappa shape index (κ1) is 12.5. The van der Waals surface area contributed by atoms with E-state index in [1.54, 1.807) is 12.1 Å². The molecule has 86 valence electrons. The second-order valence-electron chi connectivity index (χ2n) is 3.46. The van der Waals surface area contributed by atoms with Crippen molar-refractivity contribution in [3.8, 4) is 0 Å². The summed E-state index contributed by atoms with van der Waals surface area (Å²) in [6, 6.07) is 11.1. The zero-order valence-electron chi connectivity index (χ0n) is 8.58. The van der Waals surface area contributed by atoms with Gasteiger partial charge >= 0.3 is 0 Å². The molecule has 0 aliphatic carbocycles. The fourth-order valence-electron chi connectivity index (χ4n) is 1.41. The van der Waals surface area contributed by atoms with Crippen LogP contribution in [0.4, 0.5) is 4.39 Å². The van der Waals surface area contributed by atoms with Crippen LogP contribution < -0.4 is 0 Å². The van der Waals surface area contributed by atoms with Crippen LogP contribution in [-0.4, -0.2) is 5.78 Å². The van der Waals surface area contributed by atoms with Crippen LogP contribution >= 0.6 is 34.2 Å². The quantitative estimate of drug-likeness (QED) is 0.576. The molecule has 0 bridgehead atoms. The Kier molecular flexibility index (Phi) is 3.79. The molecule has 0 atom stereocenters. The number of carbonyl (C=O) groups is 1. The van der Waals surface area contributed by atoms with Crippen molar-refractivity contribution in [2.75, 3.05) is 0 Å². The third-order valence-electron chi connectivity index (χ3n) is 2.29. The summed E-state index contributed by atoms with van der Waals surface area (Å²) in [5.41, 5.74) is 0.950. The fourth-order valence-corrected chi connectivity index (χ4v) is 1.95. The molecule has 1 nitrogen and oxygen atoms in total. The summed E-state index contributed by atoms with van der Waals surface area (Å²) in [5, 5.41) is -0.0404. The van der Waals surface area contributed by atoms with Gasteiger partial charge < -0.3 is 0 Å². The van der Waals surface area contributed by atoms with E-state index < -0.39 is 5.82 Å². The van der Waals surface area contributed by atoms with Gasteiger partial charge in [-0.25, -0.2) is 4.39 Å². The molecule has 0 fully saturated rings. The summed E-state index contributed by atoms with van der Waals surface area (Å²) in [6.07, 6.45) is 0. The lowest BCUT2D eigenvalue weighted by Crippen LogP contribution is -2.01. The lowest BCUT2D eigenvalue weighted by Gasteiger charge is -2.02. The molecule has 4 heteroatoms. The van der Waals surface area contributed by atoms with Crippen LogP contribution in [0, 0.1) is 9.39 Å². The third-order valence-corrected chi connectivity index (χ3v) is 3.30. The molecule has 0 N–H and O–H groups in total. The monoisotopic (exact) mass is 360 g/mol. The second kappa shape index (κ2) is 5.14. The highest BCUT2D eigenvalue weighted by molar-refractivity contribution is 14.1. The molecule has 2 rings (SSSR count). The molecule has 0 amide bonds. The van der Waals surface area contributed by atoms with E-state index in [0.29, 0.717) is 11.1 Å². The highest BCUT2D eigenvalue weighted by Crippen LogP contribution is 2.19. The standard InChI is InChI=1S/C13H7ClFIO/c14-11-7-9(3-6-12(11)15)13(17)8-1-4-10(16)5-2-8/h1-7H. The minimum Gasteiger partial charge on any atom is -0.289 e. The van der Waals surface area contributed by atoms with Gasteiger partial charge in [-0.05, 0) is 65.1 Å². The first-order chi connectivity index (χ1) is 8.08. The van der Waals surface area contributed by atoms with Gasteiger partial charge in [0.25, 0.3) is 0 Å². The zero-order valence-corrected chi connectivity index (χ0v) is 11.5. The maximum atomic E-state index is 13.0. The lowest BCUT2D eigenvalue weighted by molar-refractivity contribution is 0.103. The van der Waals surface area contributed by atoms with Crippen LogP contribution in [0.5, 0.6) is 0 Å². The Balaban J connectivity index is 2.37. The van der Waals surface area contributed by atoms with Crippen molar-refractivity contribution in [1.29, 1.82) is 0 Å². The predicted octanol–water partition coefficient (Wildman–Crippen LogP) is 4.31. The van der Waals surface area contributed by atoms with Gasteiger partial charge in [-0.2, -0.15) is 0 Å². The van der Waals surface area contributed by atoms with Gasteiger partial charge in [0.05, 0.1) is 5.02 Å². The Morgan fingerprint density at radius 2 is 1.65 bits per heavy atom. The summed E-state index contributed by atoms with van der Waals surface area (Å²) in [7, 11) is 0. The lowest BCUT2D eigenvalue weighted by atomic mass is 10.0. The topological polar surface area (TPSA) is 17.1 Å². The highest BCUT2D eigenvalue weighted by Gasteiger charge is 2.10. The first-order valence-electron chi connectivity index (χ1n) is 4.83. The second-order valence-corrected chi connectivity index (χ2v) is 5.12. The van der Waals surface area contributed by atoms with Gasteiger partial charge in [-0.1, -0.05) is 11.6 Å². The van der Waals surface area contributed by atoms with Gasteiger partial charge in [-0.3, -0.25) is 4.79 Å². The van der Waals surface area contributed by atoms with E-state index in [2.05, 4.69) is 22.6 Å². The molecular formula is C13H7ClFIO. The Bertz CT molecular complexity index is 566. The van der Waals surface area contributed by atoms with E-state index in [-0.39, 0.29) is 10.8 Å². The summed E-state index contributed by atoms with van der Waals surface area (Å²) >= 11 is 7.80. The van der Waals surface area contributed by atoms with Crippen molar-refractivity contribution in [2.24, 2.45) is 0 Å². The summed E-state index contributed by atoms with van der Waals surface area (Å²) in [6.45, 7) is 0. The van der Waals surface area contributed by atoms with Gasteiger partial charge in [0.1, 0.15) is 5.82 Å². The zero-order chi connectivity index (χ0) is 12.4. The van der Waals surface area contributed by atoms with Crippen molar-refractivity contribution in [2.45, 2.75) is 0 Å². The largest absolute Gasteiger partial charge is 0.289 e.